The minimum Gasteiger partial charge on any atom is -0.367 e. The third-order valence-electron chi connectivity index (χ3n) is 2.67. The van der Waals surface area contributed by atoms with E-state index in [4.69, 9.17) is 5.73 Å². The van der Waals surface area contributed by atoms with Gasteiger partial charge < -0.3 is 10.6 Å². The number of nitrogens with two attached hydrogens (primary N) is 1. The molecule has 0 bridgehead atoms. The molecule has 0 saturated carbocycles. The van der Waals surface area contributed by atoms with Crippen LogP contribution in [0.3, 0.4) is 0 Å². The Morgan fingerprint density at radius 2 is 2.24 bits per heavy atom. The van der Waals surface area contributed by atoms with E-state index in [0.29, 0.717) is 12.1 Å². The molecule has 94 valence electrons. The van der Waals surface area contributed by atoms with E-state index in [-0.39, 0.29) is 11.9 Å². The summed E-state index contributed by atoms with van der Waals surface area (Å²) < 4.78 is 13.8. The maximum atomic E-state index is 13.8. The topological polar surface area (TPSA) is 29.3 Å². The molecule has 0 aliphatic carbocycles. The second-order valence-corrected chi connectivity index (χ2v) is 4.20. The van der Waals surface area contributed by atoms with Crippen molar-refractivity contribution in [2.24, 2.45) is 5.73 Å². The standard InChI is InChI=1S/C14H21FN2/c1-4-9-17(10-5-2)13-8-6-7-12(15)14(13)11(3)16/h4,6-8,11H,1,5,9-10,16H2,2-3H3. The van der Waals surface area contributed by atoms with Crippen LogP contribution in [0.15, 0.2) is 30.9 Å². The number of rotatable bonds is 6. The summed E-state index contributed by atoms with van der Waals surface area (Å²) in [5.74, 6) is -0.234. The zero-order chi connectivity index (χ0) is 12.8. The van der Waals surface area contributed by atoms with Gasteiger partial charge in [-0.3, -0.25) is 0 Å². The summed E-state index contributed by atoms with van der Waals surface area (Å²) in [5, 5.41) is 0. The number of hydrogen-bond donors (Lipinski definition) is 1. The van der Waals surface area contributed by atoms with Crippen LogP contribution < -0.4 is 10.6 Å². The van der Waals surface area contributed by atoms with Crippen molar-refractivity contribution in [3.8, 4) is 0 Å². The lowest BCUT2D eigenvalue weighted by atomic mass is 10.0. The molecule has 2 N–H and O–H groups in total. The lowest BCUT2D eigenvalue weighted by molar-refractivity contribution is 0.591. The van der Waals surface area contributed by atoms with E-state index >= 15 is 0 Å². The molecule has 0 saturated heterocycles. The molecule has 0 aromatic heterocycles. The maximum Gasteiger partial charge on any atom is 0.130 e. The first-order valence-electron chi connectivity index (χ1n) is 6.01. The third-order valence-corrected chi connectivity index (χ3v) is 2.67. The predicted octanol–water partition coefficient (Wildman–Crippen LogP) is 3.25. The number of nitrogens with zero attached hydrogens (tertiary/aromatic N) is 1. The minimum atomic E-state index is -0.310. The second-order valence-electron chi connectivity index (χ2n) is 4.20. The lowest BCUT2D eigenvalue weighted by Gasteiger charge is -2.27. The normalized spacial score (nSPS) is 12.2. The largest absolute Gasteiger partial charge is 0.367 e. The van der Waals surface area contributed by atoms with Crippen LogP contribution in [0.2, 0.25) is 0 Å². The summed E-state index contributed by atoms with van der Waals surface area (Å²) in [6.07, 6.45) is 2.83. The highest BCUT2D eigenvalue weighted by Gasteiger charge is 2.16. The van der Waals surface area contributed by atoms with Crippen molar-refractivity contribution in [1.29, 1.82) is 0 Å². The predicted molar refractivity (Wildman–Crippen MR) is 71.7 cm³/mol. The van der Waals surface area contributed by atoms with Gasteiger partial charge in [0.15, 0.2) is 0 Å². The average Bonchev–Trinajstić information content (AvgIpc) is 2.28. The summed E-state index contributed by atoms with van der Waals surface area (Å²) in [5.41, 5.74) is 7.32. The highest BCUT2D eigenvalue weighted by Crippen LogP contribution is 2.28. The van der Waals surface area contributed by atoms with E-state index in [1.54, 1.807) is 13.0 Å². The van der Waals surface area contributed by atoms with E-state index < -0.39 is 0 Å². The van der Waals surface area contributed by atoms with E-state index in [2.05, 4.69) is 18.4 Å². The first kappa shape index (κ1) is 13.7. The van der Waals surface area contributed by atoms with Crippen molar-refractivity contribution in [3.63, 3.8) is 0 Å². The van der Waals surface area contributed by atoms with Gasteiger partial charge in [-0.2, -0.15) is 0 Å². The first-order valence-corrected chi connectivity index (χ1v) is 6.01. The van der Waals surface area contributed by atoms with Gasteiger partial charge in [-0.1, -0.05) is 19.1 Å². The Balaban J connectivity index is 3.16. The summed E-state index contributed by atoms with van der Waals surface area (Å²) in [7, 11) is 0. The van der Waals surface area contributed by atoms with Crippen molar-refractivity contribution in [2.75, 3.05) is 18.0 Å². The molecule has 2 nitrogen and oxygen atoms in total. The Kier molecular flexibility index (Phi) is 5.16. The number of benzene rings is 1. The van der Waals surface area contributed by atoms with Crippen LogP contribution in [-0.4, -0.2) is 13.1 Å². The molecule has 0 radical (unpaired) electrons. The molecule has 1 atom stereocenters. The van der Waals surface area contributed by atoms with Gasteiger partial charge in [0.1, 0.15) is 5.82 Å². The van der Waals surface area contributed by atoms with Gasteiger partial charge in [0, 0.05) is 30.4 Å². The smallest absolute Gasteiger partial charge is 0.130 e. The van der Waals surface area contributed by atoms with Gasteiger partial charge in [0.05, 0.1) is 0 Å². The van der Waals surface area contributed by atoms with Gasteiger partial charge in [-0.15, -0.1) is 6.58 Å². The van der Waals surface area contributed by atoms with Crippen molar-refractivity contribution in [2.45, 2.75) is 26.3 Å². The van der Waals surface area contributed by atoms with Crippen molar-refractivity contribution in [3.05, 3.63) is 42.2 Å². The molecule has 1 unspecified atom stereocenters. The summed E-state index contributed by atoms with van der Waals surface area (Å²) in [6, 6.07) is 4.79. The average molecular weight is 236 g/mol. The molecule has 0 aliphatic rings. The van der Waals surface area contributed by atoms with E-state index in [0.717, 1.165) is 18.7 Å². The molecule has 0 fully saturated rings. The fourth-order valence-corrected chi connectivity index (χ4v) is 1.99. The molecular formula is C14H21FN2. The molecule has 0 heterocycles. The molecule has 0 spiro atoms. The van der Waals surface area contributed by atoms with Crippen molar-refractivity contribution in [1.82, 2.24) is 0 Å². The third kappa shape index (κ3) is 3.30. The van der Waals surface area contributed by atoms with Crippen LogP contribution in [0, 0.1) is 5.82 Å². The molecule has 0 aliphatic heterocycles. The van der Waals surface area contributed by atoms with Crippen LogP contribution in [0.4, 0.5) is 10.1 Å². The van der Waals surface area contributed by atoms with Gasteiger partial charge in [-0.05, 0) is 25.5 Å². The van der Waals surface area contributed by atoms with Gasteiger partial charge >= 0.3 is 0 Å². The Hall–Kier alpha value is -1.35. The van der Waals surface area contributed by atoms with Crippen molar-refractivity contribution < 1.29 is 4.39 Å². The molecular weight excluding hydrogens is 215 g/mol. The molecule has 1 aromatic rings. The van der Waals surface area contributed by atoms with Crippen LogP contribution >= 0.6 is 0 Å². The summed E-state index contributed by atoms with van der Waals surface area (Å²) in [6.45, 7) is 9.22. The van der Waals surface area contributed by atoms with Crippen LogP contribution in [0.5, 0.6) is 0 Å². The SMILES string of the molecule is C=CCN(CCC)c1cccc(F)c1C(C)N. The number of hydrogen-bond acceptors (Lipinski definition) is 2. The zero-order valence-corrected chi connectivity index (χ0v) is 10.6. The monoisotopic (exact) mass is 236 g/mol. The molecule has 1 rings (SSSR count). The van der Waals surface area contributed by atoms with E-state index in [1.165, 1.54) is 6.07 Å². The van der Waals surface area contributed by atoms with Crippen LogP contribution in [-0.2, 0) is 0 Å². The van der Waals surface area contributed by atoms with Gasteiger partial charge in [0.25, 0.3) is 0 Å². The molecule has 1 aromatic carbocycles. The fraction of sp³-hybridized carbons (Fsp3) is 0.429. The van der Waals surface area contributed by atoms with E-state index in [1.807, 2.05) is 12.1 Å². The van der Waals surface area contributed by atoms with Crippen molar-refractivity contribution >= 4 is 5.69 Å². The Bertz CT molecular complexity index is 374. The minimum absolute atomic E-state index is 0.234. The lowest BCUT2D eigenvalue weighted by Crippen LogP contribution is -2.26. The zero-order valence-electron chi connectivity index (χ0n) is 10.6. The van der Waals surface area contributed by atoms with Crippen LogP contribution in [0.25, 0.3) is 0 Å². The molecule has 17 heavy (non-hydrogen) atoms. The summed E-state index contributed by atoms with van der Waals surface area (Å²) >= 11 is 0. The highest BCUT2D eigenvalue weighted by molar-refractivity contribution is 5.55. The quantitative estimate of drug-likeness (QED) is 0.768. The Labute approximate surface area is 103 Å². The molecule has 0 amide bonds. The Morgan fingerprint density at radius 3 is 2.76 bits per heavy atom. The Morgan fingerprint density at radius 1 is 1.53 bits per heavy atom. The van der Waals surface area contributed by atoms with Gasteiger partial charge in [-0.25, -0.2) is 4.39 Å². The fourth-order valence-electron chi connectivity index (χ4n) is 1.99. The van der Waals surface area contributed by atoms with Crippen LogP contribution in [0.1, 0.15) is 31.9 Å². The second kappa shape index (κ2) is 6.40. The van der Waals surface area contributed by atoms with E-state index in [9.17, 15) is 4.39 Å². The van der Waals surface area contributed by atoms with Gasteiger partial charge in [0.2, 0.25) is 0 Å². The number of anilines is 1. The first-order chi connectivity index (χ1) is 8.11. The summed E-state index contributed by atoms with van der Waals surface area (Å²) in [4.78, 5) is 2.11. The maximum absolute atomic E-state index is 13.8. The number of halogens is 1. The highest BCUT2D eigenvalue weighted by atomic mass is 19.1. The molecule has 3 heteroatoms.